The molecule has 3 rings (SSSR count). The van der Waals surface area contributed by atoms with Gasteiger partial charge in [-0.15, -0.1) is 0 Å². The third-order valence-corrected chi connectivity index (χ3v) is 4.87. The lowest BCUT2D eigenvalue weighted by Gasteiger charge is -2.45. The minimum Gasteiger partial charge on any atom is -0.507 e. The van der Waals surface area contributed by atoms with E-state index in [1.54, 1.807) is 25.7 Å². The third-order valence-electron chi connectivity index (χ3n) is 4.87. The highest BCUT2D eigenvalue weighted by molar-refractivity contribution is 5.80. The number of nitrogens with zero attached hydrogens (tertiary/aromatic N) is 1. The van der Waals surface area contributed by atoms with Crippen LogP contribution in [0, 0.1) is 5.82 Å². The molecule has 2 aliphatic rings. The van der Waals surface area contributed by atoms with E-state index in [-0.39, 0.29) is 17.9 Å². The maximum Gasteiger partial charge on any atom is 0.411 e. The maximum absolute atomic E-state index is 14.2. The van der Waals surface area contributed by atoms with E-state index in [1.807, 2.05) is 0 Å². The third kappa shape index (κ3) is 2.97. The van der Waals surface area contributed by atoms with Crippen molar-refractivity contribution in [2.75, 3.05) is 13.1 Å². The van der Waals surface area contributed by atoms with Gasteiger partial charge in [-0.1, -0.05) is 0 Å². The van der Waals surface area contributed by atoms with E-state index in [9.17, 15) is 19.1 Å². The number of hydrogen-bond acceptors (Lipinski definition) is 5. The first-order chi connectivity index (χ1) is 11.7. The van der Waals surface area contributed by atoms with E-state index < -0.39 is 28.8 Å². The minimum absolute atomic E-state index is 0.0560. The molecule has 2 saturated heterocycles. The van der Waals surface area contributed by atoms with Crippen molar-refractivity contribution in [2.24, 2.45) is 0 Å². The molecule has 1 aromatic rings. The predicted molar refractivity (Wildman–Crippen MR) is 89.1 cm³/mol. The molecule has 0 radical (unpaired) electrons. The number of hydrogen-bond donors (Lipinski definition) is 2. The summed E-state index contributed by atoms with van der Waals surface area (Å²) in [6.45, 7) is 6.47. The number of fused-ring (bicyclic) bond motifs is 2. The lowest BCUT2D eigenvalue weighted by molar-refractivity contribution is -0.0116. The Kier molecular flexibility index (Phi) is 4.23. The van der Waals surface area contributed by atoms with E-state index in [2.05, 4.69) is 5.32 Å². The molecule has 2 N–H and O–H groups in total. The van der Waals surface area contributed by atoms with Crippen LogP contribution in [0.2, 0.25) is 0 Å². The zero-order valence-electron chi connectivity index (χ0n) is 14.6. The fourth-order valence-corrected chi connectivity index (χ4v) is 3.83. The number of rotatable bonds is 2. The number of halogens is 1. The molecule has 25 heavy (non-hydrogen) atoms. The first kappa shape index (κ1) is 17.7. The number of aldehydes is 1. The average Bonchev–Trinajstić information content (AvgIpc) is 2.73. The number of amides is 1. The molecule has 2 bridgehead atoms. The van der Waals surface area contributed by atoms with Crippen LogP contribution >= 0.6 is 0 Å². The van der Waals surface area contributed by atoms with Gasteiger partial charge in [-0.3, -0.25) is 9.69 Å². The van der Waals surface area contributed by atoms with Crippen molar-refractivity contribution in [3.8, 4) is 5.75 Å². The van der Waals surface area contributed by atoms with E-state index in [0.717, 1.165) is 6.42 Å². The van der Waals surface area contributed by atoms with Crippen molar-refractivity contribution in [1.29, 1.82) is 0 Å². The fraction of sp³-hybridized carbons (Fsp3) is 0.556. The molecule has 2 aliphatic heterocycles. The van der Waals surface area contributed by atoms with Crippen LogP contribution in [0.25, 0.3) is 0 Å². The summed E-state index contributed by atoms with van der Waals surface area (Å²) >= 11 is 0. The van der Waals surface area contributed by atoms with Crippen molar-refractivity contribution < 1.29 is 23.8 Å². The highest BCUT2D eigenvalue weighted by atomic mass is 19.1. The Morgan fingerprint density at radius 3 is 2.80 bits per heavy atom. The Morgan fingerprint density at radius 2 is 2.20 bits per heavy atom. The lowest BCUT2D eigenvalue weighted by Crippen LogP contribution is -2.61. The second kappa shape index (κ2) is 5.98. The molecule has 7 heteroatoms. The van der Waals surface area contributed by atoms with Gasteiger partial charge in [0, 0.05) is 19.1 Å². The molecule has 136 valence electrons. The number of ether oxygens (including phenoxy) is 1. The van der Waals surface area contributed by atoms with Crippen LogP contribution in [0.1, 0.15) is 49.5 Å². The number of piperazine rings is 1. The van der Waals surface area contributed by atoms with Gasteiger partial charge in [-0.2, -0.15) is 0 Å². The van der Waals surface area contributed by atoms with E-state index in [4.69, 9.17) is 4.74 Å². The molecule has 2 heterocycles. The second-order valence-electron chi connectivity index (χ2n) is 7.71. The Hall–Kier alpha value is -2.15. The number of carbonyl (C=O) groups is 2. The molecular formula is C18H23FN2O4. The minimum atomic E-state index is -0.801. The van der Waals surface area contributed by atoms with Gasteiger partial charge < -0.3 is 15.2 Å². The van der Waals surface area contributed by atoms with Crippen LogP contribution in [0.5, 0.6) is 5.75 Å². The van der Waals surface area contributed by atoms with Crippen LogP contribution in [0.4, 0.5) is 9.18 Å². The molecule has 0 saturated carbocycles. The van der Waals surface area contributed by atoms with Crippen molar-refractivity contribution in [1.82, 2.24) is 10.2 Å². The number of nitrogens with one attached hydrogen (secondary N) is 1. The van der Waals surface area contributed by atoms with Gasteiger partial charge in [0.05, 0.1) is 11.1 Å². The summed E-state index contributed by atoms with van der Waals surface area (Å²) in [4.78, 5) is 25.4. The number of phenols is 1. The van der Waals surface area contributed by atoms with E-state index in [0.29, 0.717) is 25.1 Å². The van der Waals surface area contributed by atoms with E-state index in [1.165, 1.54) is 12.1 Å². The molecule has 2 fully saturated rings. The Balaban J connectivity index is 2.05. The summed E-state index contributed by atoms with van der Waals surface area (Å²) in [5.41, 5.74) is -1.35. The summed E-state index contributed by atoms with van der Waals surface area (Å²) in [5.74, 6) is -1.21. The van der Waals surface area contributed by atoms with Gasteiger partial charge in [0.2, 0.25) is 0 Å². The molecule has 1 amide bonds. The highest BCUT2D eigenvalue weighted by Crippen LogP contribution is 2.46. The number of aromatic hydroxyl groups is 1. The van der Waals surface area contributed by atoms with Crippen LogP contribution in [-0.4, -0.2) is 47.1 Å². The summed E-state index contributed by atoms with van der Waals surface area (Å²) in [7, 11) is 0. The molecule has 0 aliphatic carbocycles. The van der Waals surface area contributed by atoms with Crippen molar-refractivity contribution in [3.05, 3.63) is 29.1 Å². The SMILES string of the molecule is CC(C)(C)OC(=O)N1C2CCC1(c1cc(O)c(C=O)c(F)c1)CNC2. The standard InChI is InChI=1S/C18H23FN2O4/c1-17(2,3)25-16(24)21-12-4-5-18(21,10-20-8-12)11-6-14(19)13(9-22)15(23)7-11/h6-7,9,12,20,23H,4-5,8,10H2,1-3H3. The summed E-state index contributed by atoms with van der Waals surface area (Å²) in [6, 6.07) is 2.55. The molecule has 0 spiro atoms. The summed E-state index contributed by atoms with van der Waals surface area (Å²) in [6.07, 6.45) is 1.22. The van der Waals surface area contributed by atoms with Crippen molar-refractivity contribution in [3.63, 3.8) is 0 Å². The first-order valence-electron chi connectivity index (χ1n) is 8.39. The number of phenolic OH excluding ortho intramolecular Hbond substituents is 1. The van der Waals surface area contributed by atoms with Crippen molar-refractivity contribution in [2.45, 2.75) is 50.8 Å². The topological polar surface area (TPSA) is 78.9 Å². The van der Waals surface area contributed by atoms with Gasteiger partial charge in [-0.25, -0.2) is 9.18 Å². The number of carbonyl (C=O) groups excluding carboxylic acids is 2. The van der Waals surface area contributed by atoms with Crippen LogP contribution in [0.15, 0.2) is 12.1 Å². The van der Waals surface area contributed by atoms with Gasteiger partial charge in [0.15, 0.2) is 6.29 Å². The lowest BCUT2D eigenvalue weighted by atomic mass is 9.86. The van der Waals surface area contributed by atoms with Gasteiger partial charge in [0.25, 0.3) is 0 Å². The Labute approximate surface area is 146 Å². The van der Waals surface area contributed by atoms with Gasteiger partial charge in [0.1, 0.15) is 17.2 Å². The van der Waals surface area contributed by atoms with Crippen LogP contribution in [-0.2, 0) is 10.3 Å². The Morgan fingerprint density at radius 1 is 1.48 bits per heavy atom. The van der Waals surface area contributed by atoms with Gasteiger partial charge >= 0.3 is 6.09 Å². The molecular weight excluding hydrogens is 327 g/mol. The molecule has 0 aromatic heterocycles. The quantitative estimate of drug-likeness (QED) is 0.802. The first-order valence-corrected chi connectivity index (χ1v) is 8.39. The second-order valence-corrected chi connectivity index (χ2v) is 7.71. The zero-order valence-corrected chi connectivity index (χ0v) is 14.6. The highest BCUT2D eigenvalue weighted by Gasteiger charge is 2.53. The molecule has 1 aromatic carbocycles. The smallest absolute Gasteiger partial charge is 0.411 e. The molecule has 2 unspecified atom stereocenters. The predicted octanol–water partition coefficient (Wildman–Crippen LogP) is 2.54. The summed E-state index contributed by atoms with van der Waals surface area (Å²) in [5, 5.41) is 13.3. The molecule has 2 atom stereocenters. The largest absolute Gasteiger partial charge is 0.507 e. The summed E-state index contributed by atoms with van der Waals surface area (Å²) < 4.78 is 19.8. The fourth-order valence-electron chi connectivity index (χ4n) is 3.83. The maximum atomic E-state index is 14.2. The Bertz CT molecular complexity index is 689. The van der Waals surface area contributed by atoms with Crippen LogP contribution < -0.4 is 5.32 Å². The molecule has 6 nitrogen and oxygen atoms in total. The zero-order chi connectivity index (χ0) is 18.4. The normalized spacial score (nSPS) is 25.8. The number of benzene rings is 1. The monoisotopic (exact) mass is 350 g/mol. The van der Waals surface area contributed by atoms with Crippen LogP contribution in [0.3, 0.4) is 0 Å². The average molecular weight is 350 g/mol. The van der Waals surface area contributed by atoms with E-state index >= 15 is 0 Å². The van der Waals surface area contributed by atoms with Gasteiger partial charge in [-0.05, 0) is 51.3 Å². The van der Waals surface area contributed by atoms with Crippen molar-refractivity contribution >= 4 is 12.4 Å².